The van der Waals surface area contributed by atoms with Gasteiger partial charge in [0.15, 0.2) is 5.82 Å². The fourth-order valence-electron chi connectivity index (χ4n) is 3.16. The first-order chi connectivity index (χ1) is 13.8. The third-order valence-corrected chi connectivity index (χ3v) is 4.66. The number of fused-ring (bicyclic) bond motifs is 1. The number of aromatic nitrogens is 3. The zero-order valence-corrected chi connectivity index (χ0v) is 15.8. The Morgan fingerprint density at radius 2 is 1.79 bits per heavy atom. The molecule has 1 N–H and O–H groups in total. The van der Waals surface area contributed by atoms with Crippen LogP contribution in [0.1, 0.15) is 18.4 Å². The van der Waals surface area contributed by atoms with Crippen molar-refractivity contribution in [3.63, 3.8) is 0 Å². The van der Waals surface area contributed by atoms with Crippen LogP contribution in [-0.2, 0) is 6.54 Å². The van der Waals surface area contributed by atoms with E-state index in [2.05, 4.69) is 12.1 Å². The molecule has 3 aromatic rings. The van der Waals surface area contributed by atoms with E-state index in [9.17, 15) is 0 Å². The first-order valence-electron chi connectivity index (χ1n) is 9.39. The normalized spacial score (nSPS) is 13.2. The van der Waals surface area contributed by atoms with E-state index in [1.54, 1.807) is 7.11 Å². The highest BCUT2D eigenvalue weighted by atomic mass is 16.5. The fourth-order valence-corrected chi connectivity index (χ4v) is 3.16. The minimum atomic E-state index is 0.173. The van der Waals surface area contributed by atoms with Gasteiger partial charge in [0.2, 0.25) is 5.95 Å². The van der Waals surface area contributed by atoms with Crippen LogP contribution in [0.25, 0.3) is 11.4 Å². The summed E-state index contributed by atoms with van der Waals surface area (Å²) in [5.74, 6) is 2.19. The first kappa shape index (κ1) is 18.2. The molecule has 1 aliphatic rings. The summed E-state index contributed by atoms with van der Waals surface area (Å²) in [6.45, 7) is 1.42. The van der Waals surface area contributed by atoms with Crippen molar-refractivity contribution in [1.82, 2.24) is 14.8 Å². The number of hydrogen-bond donors (Lipinski definition) is 1. The van der Waals surface area contributed by atoms with Gasteiger partial charge >= 0.3 is 0 Å². The van der Waals surface area contributed by atoms with Crippen LogP contribution in [0.2, 0.25) is 0 Å². The smallest absolute Gasteiger partial charge is 0.245 e. The van der Waals surface area contributed by atoms with E-state index in [4.69, 9.17) is 25.0 Å². The summed E-state index contributed by atoms with van der Waals surface area (Å²) < 4.78 is 7.13. The minimum Gasteiger partial charge on any atom is -0.497 e. The number of hydrogen-bond acceptors (Lipinski definition) is 6. The molecule has 0 bridgehead atoms. The van der Waals surface area contributed by atoms with Crippen LogP contribution in [0.3, 0.4) is 0 Å². The van der Waals surface area contributed by atoms with Gasteiger partial charge in [0.1, 0.15) is 5.75 Å². The zero-order valence-electron chi connectivity index (χ0n) is 15.8. The molecule has 1 aliphatic heterocycles. The number of methoxy groups -OCH3 is 1. The maximum atomic E-state index is 9.12. The topological polar surface area (TPSA) is 75.8 Å². The summed E-state index contributed by atoms with van der Waals surface area (Å²) in [6, 6.07) is 17.8. The van der Waals surface area contributed by atoms with Gasteiger partial charge in [-0.2, -0.15) is 10.1 Å². The predicted molar refractivity (Wildman–Crippen MR) is 109 cm³/mol. The molecule has 144 valence electrons. The maximum Gasteiger partial charge on any atom is 0.245 e. The number of benzene rings is 2. The standard InChI is InChI=1S/C21H23N5O2/c1-28-18-11-9-17(10-12-18)20-22-21-25(13-5-6-14-27)23-19(15-26(21)24-20)16-7-3-2-4-8-16/h2-4,7-12,27H,5-6,13-15H2,1H3. The lowest BCUT2D eigenvalue weighted by Crippen LogP contribution is -2.31. The van der Waals surface area contributed by atoms with Gasteiger partial charge in [-0.1, -0.05) is 30.3 Å². The van der Waals surface area contributed by atoms with Crippen LogP contribution in [0.5, 0.6) is 5.75 Å². The number of aliphatic hydroxyl groups excluding tert-OH is 1. The second kappa shape index (κ2) is 8.22. The second-order valence-electron chi connectivity index (χ2n) is 6.59. The molecule has 7 heteroatoms. The molecule has 1 aromatic heterocycles. The summed E-state index contributed by atoms with van der Waals surface area (Å²) in [6.07, 6.45) is 1.55. The SMILES string of the molecule is COc1ccc(-c2nc3n(n2)CC(c2ccccc2)=NN3CCCCO)cc1. The van der Waals surface area contributed by atoms with Crippen LogP contribution >= 0.6 is 0 Å². The third kappa shape index (κ3) is 3.75. The predicted octanol–water partition coefficient (Wildman–Crippen LogP) is 2.95. The van der Waals surface area contributed by atoms with Gasteiger partial charge in [0.25, 0.3) is 0 Å². The summed E-state index contributed by atoms with van der Waals surface area (Å²) in [4.78, 5) is 4.73. The molecule has 0 fully saturated rings. The van der Waals surface area contributed by atoms with Crippen molar-refractivity contribution in [2.75, 3.05) is 25.3 Å². The number of aliphatic hydroxyl groups is 1. The summed E-state index contributed by atoms with van der Waals surface area (Å²) in [7, 11) is 1.65. The Kier molecular flexibility index (Phi) is 5.34. The van der Waals surface area contributed by atoms with E-state index in [1.165, 1.54) is 0 Å². The van der Waals surface area contributed by atoms with Crippen LogP contribution in [0, 0.1) is 0 Å². The van der Waals surface area contributed by atoms with Crippen molar-refractivity contribution in [3.05, 3.63) is 60.2 Å². The maximum absolute atomic E-state index is 9.12. The van der Waals surface area contributed by atoms with Crippen LogP contribution < -0.4 is 9.75 Å². The summed E-state index contributed by atoms with van der Waals surface area (Å²) in [5.41, 5.74) is 2.95. The molecule has 2 heterocycles. The molecule has 0 atom stereocenters. The fraction of sp³-hybridized carbons (Fsp3) is 0.286. The molecular formula is C21H23N5O2. The Labute approximate surface area is 163 Å². The highest BCUT2D eigenvalue weighted by Crippen LogP contribution is 2.26. The van der Waals surface area contributed by atoms with Gasteiger partial charge in [-0.3, -0.25) is 0 Å². The van der Waals surface area contributed by atoms with E-state index < -0.39 is 0 Å². The molecule has 0 aliphatic carbocycles. The lowest BCUT2D eigenvalue weighted by Gasteiger charge is -2.24. The molecular weight excluding hydrogens is 354 g/mol. The van der Waals surface area contributed by atoms with Crippen LogP contribution in [-0.4, -0.2) is 45.8 Å². The van der Waals surface area contributed by atoms with E-state index in [-0.39, 0.29) is 6.61 Å². The van der Waals surface area contributed by atoms with Gasteiger partial charge in [-0.25, -0.2) is 9.69 Å². The van der Waals surface area contributed by atoms with Gasteiger partial charge in [0, 0.05) is 18.7 Å². The monoisotopic (exact) mass is 377 g/mol. The molecule has 4 rings (SSSR count). The summed E-state index contributed by atoms with van der Waals surface area (Å²) >= 11 is 0. The highest BCUT2D eigenvalue weighted by Gasteiger charge is 2.24. The minimum absolute atomic E-state index is 0.173. The number of rotatable bonds is 7. The number of hydrazone groups is 1. The van der Waals surface area contributed by atoms with E-state index in [0.29, 0.717) is 18.9 Å². The van der Waals surface area contributed by atoms with E-state index in [0.717, 1.165) is 41.4 Å². The highest BCUT2D eigenvalue weighted by molar-refractivity contribution is 6.01. The van der Waals surface area contributed by atoms with E-state index in [1.807, 2.05) is 52.2 Å². The molecule has 0 saturated carbocycles. The Hall–Kier alpha value is -3.19. The average molecular weight is 377 g/mol. The number of anilines is 1. The Morgan fingerprint density at radius 3 is 2.50 bits per heavy atom. The Bertz CT molecular complexity index is 951. The van der Waals surface area contributed by atoms with Gasteiger partial charge in [0.05, 0.1) is 19.4 Å². The zero-order chi connectivity index (χ0) is 19.3. The third-order valence-electron chi connectivity index (χ3n) is 4.66. The number of nitrogens with zero attached hydrogens (tertiary/aromatic N) is 5. The van der Waals surface area contributed by atoms with Crippen molar-refractivity contribution in [2.24, 2.45) is 5.10 Å². The summed E-state index contributed by atoms with van der Waals surface area (Å²) in [5, 5.41) is 20.6. The van der Waals surface area contributed by atoms with E-state index >= 15 is 0 Å². The van der Waals surface area contributed by atoms with Crippen molar-refractivity contribution >= 4 is 11.7 Å². The second-order valence-corrected chi connectivity index (χ2v) is 6.59. The first-order valence-corrected chi connectivity index (χ1v) is 9.39. The molecule has 0 radical (unpaired) electrons. The van der Waals surface area contributed by atoms with Crippen LogP contribution in [0.4, 0.5) is 5.95 Å². The van der Waals surface area contributed by atoms with Gasteiger partial charge < -0.3 is 9.84 Å². The molecule has 0 saturated heterocycles. The Balaban J connectivity index is 1.66. The van der Waals surface area contributed by atoms with Crippen LogP contribution in [0.15, 0.2) is 59.7 Å². The van der Waals surface area contributed by atoms with Gasteiger partial charge in [-0.15, -0.1) is 5.10 Å². The molecule has 2 aromatic carbocycles. The molecule has 7 nitrogen and oxygen atoms in total. The van der Waals surface area contributed by atoms with Crippen molar-refractivity contribution < 1.29 is 9.84 Å². The lowest BCUT2D eigenvalue weighted by atomic mass is 10.1. The molecule has 0 amide bonds. The lowest BCUT2D eigenvalue weighted by molar-refractivity contribution is 0.285. The molecule has 0 spiro atoms. The van der Waals surface area contributed by atoms with Gasteiger partial charge in [-0.05, 0) is 42.7 Å². The largest absolute Gasteiger partial charge is 0.497 e. The average Bonchev–Trinajstić information content (AvgIpc) is 3.19. The number of unbranched alkanes of at least 4 members (excludes halogenated alkanes) is 1. The van der Waals surface area contributed by atoms with Crippen molar-refractivity contribution in [1.29, 1.82) is 0 Å². The number of ether oxygens (including phenoxy) is 1. The quantitative estimate of drug-likeness (QED) is 0.641. The van der Waals surface area contributed by atoms with Crippen molar-refractivity contribution in [3.8, 4) is 17.1 Å². The Morgan fingerprint density at radius 1 is 1.00 bits per heavy atom. The molecule has 28 heavy (non-hydrogen) atoms. The molecule has 0 unspecified atom stereocenters. The van der Waals surface area contributed by atoms with Crippen molar-refractivity contribution in [2.45, 2.75) is 19.4 Å².